The van der Waals surface area contributed by atoms with Gasteiger partial charge in [0.15, 0.2) is 0 Å². The molecular formula is C21H23ClN4O. The number of piperazine rings is 1. The Bertz CT molecular complexity index is 819. The first kappa shape index (κ1) is 19.2. The average Bonchev–Trinajstić information content (AvgIpc) is 2.69. The van der Waals surface area contributed by atoms with Gasteiger partial charge in [-0.05, 0) is 42.0 Å². The molecule has 0 saturated carbocycles. The molecule has 0 bridgehead atoms. The zero-order valence-corrected chi connectivity index (χ0v) is 16.4. The van der Waals surface area contributed by atoms with Crippen molar-refractivity contribution in [3.05, 3.63) is 64.7 Å². The normalized spacial score (nSPS) is 15.9. The number of hydrogen-bond acceptors (Lipinski definition) is 4. The number of nitriles is 1. The number of hydrogen-bond donors (Lipinski definition) is 0. The Labute approximate surface area is 165 Å². The number of carbonyl (C=O) groups excluding carboxylic acids is 1. The average molecular weight is 383 g/mol. The lowest BCUT2D eigenvalue weighted by Crippen LogP contribution is -2.49. The van der Waals surface area contributed by atoms with E-state index >= 15 is 0 Å². The van der Waals surface area contributed by atoms with E-state index in [2.05, 4.69) is 11.0 Å². The third-order valence-electron chi connectivity index (χ3n) is 4.91. The summed E-state index contributed by atoms with van der Waals surface area (Å²) in [6, 6.07) is 17.2. The zero-order valence-electron chi connectivity index (χ0n) is 15.6. The second-order valence-electron chi connectivity index (χ2n) is 6.85. The van der Waals surface area contributed by atoms with Crippen LogP contribution in [0.1, 0.15) is 22.0 Å². The van der Waals surface area contributed by atoms with Crippen LogP contribution in [0.3, 0.4) is 0 Å². The van der Waals surface area contributed by atoms with Crippen molar-refractivity contribution in [1.29, 1.82) is 5.26 Å². The molecule has 2 aromatic carbocycles. The van der Waals surface area contributed by atoms with E-state index in [1.807, 2.05) is 48.2 Å². The van der Waals surface area contributed by atoms with Crippen molar-refractivity contribution in [2.75, 3.05) is 45.2 Å². The van der Waals surface area contributed by atoms with Crippen LogP contribution in [0.25, 0.3) is 0 Å². The highest BCUT2D eigenvalue weighted by Crippen LogP contribution is 2.24. The van der Waals surface area contributed by atoms with E-state index in [-0.39, 0.29) is 11.9 Å². The summed E-state index contributed by atoms with van der Waals surface area (Å²) in [5.74, 6) is 0.00941. The van der Waals surface area contributed by atoms with Crippen LogP contribution in [-0.2, 0) is 0 Å². The Morgan fingerprint density at radius 2 is 1.63 bits per heavy atom. The van der Waals surface area contributed by atoms with E-state index in [0.717, 1.165) is 11.3 Å². The molecule has 140 valence electrons. The van der Waals surface area contributed by atoms with Gasteiger partial charge in [-0.3, -0.25) is 9.69 Å². The Morgan fingerprint density at radius 1 is 1.04 bits per heavy atom. The van der Waals surface area contributed by atoms with E-state index in [9.17, 15) is 10.1 Å². The van der Waals surface area contributed by atoms with Gasteiger partial charge < -0.3 is 9.80 Å². The lowest BCUT2D eigenvalue weighted by atomic mass is 10.0. The van der Waals surface area contributed by atoms with Crippen LogP contribution in [0.4, 0.5) is 5.69 Å². The first-order chi connectivity index (χ1) is 13.0. The summed E-state index contributed by atoms with van der Waals surface area (Å²) in [5, 5.41) is 10.3. The standard InChI is InChI=1S/C21H23ClN4O/c1-24(2)19-9-5-16(6-10-19)20(15-23)25-11-13-26(14-12-25)21(27)17-3-7-18(22)8-4-17/h3-10,20H,11-14H2,1-2H3. The van der Waals surface area contributed by atoms with Gasteiger partial charge in [0, 0.05) is 56.5 Å². The molecule has 1 atom stereocenters. The Kier molecular flexibility index (Phi) is 6.00. The van der Waals surface area contributed by atoms with Gasteiger partial charge in [0.25, 0.3) is 5.91 Å². The number of nitrogens with zero attached hydrogens (tertiary/aromatic N) is 4. The first-order valence-corrected chi connectivity index (χ1v) is 9.33. The molecule has 1 aliphatic heterocycles. The van der Waals surface area contributed by atoms with Gasteiger partial charge in [-0.1, -0.05) is 23.7 Å². The lowest BCUT2D eigenvalue weighted by molar-refractivity contribution is 0.0606. The maximum Gasteiger partial charge on any atom is 0.253 e. The second-order valence-corrected chi connectivity index (χ2v) is 7.29. The minimum atomic E-state index is -0.297. The highest BCUT2D eigenvalue weighted by Gasteiger charge is 2.27. The molecule has 2 aromatic rings. The molecule has 3 rings (SSSR count). The largest absolute Gasteiger partial charge is 0.378 e. The number of amides is 1. The third-order valence-corrected chi connectivity index (χ3v) is 5.16. The van der Waals surface area contributed by atoms with Crippen molar-refractivity contribution in [3.8, 4) is 6.07 Å². The number of rotatable bonds is 4. The molecule has 1 aliphatic rings. The monoisotopic (exact) mass is 382 g/mol. The Balaban J connectivity index is 1.64. The number of benzene rings is 2. The van der Waals surface area contributed by atoms with Gasteiger partial charge in [0.05, 0.1) is 6.07 Å². The summed E-state index contributed by atoms with van der Waals surface area (Å²) in [4.78, 5) is 18.6. The van der Waals surface area contributed by atoms with Crippen LogP contribution in [0.5, 0.6) is 0 Å². The molecule has 0 N–H and O–H groups in total. The van der Waals surface area contributed by atoms with Gasteiger partial charge in [-0.2, -0.15) is 5.26 Å². The predicted octanol–water partition coefficient (Wildman–Crippen LogP) is 3.43. The van der Waals surface area contributed by atoms with Crippen molar-refractivity contribution < 1.29 is 4.79 Å². The summed E-state index contributed by atoms with van der Waals surface area (Å²) in [6.07, 6.45) is 0. The maximum absolute atomic E-state index is 12.6. The molecule has 1 heterocycles. The molecule has 6 heteroatoms. The second kappa shape index (κ2) is 8.43. The van der Waals surface area contributed by atoms with Gasteiger partial charge in [-0.15, -0.1) is 0 Å². The van der Waals surface area contributed by atoms with E-state index in [0.29, 0.717) is 36.8 Å². The summed E-state index contributed by atoms with van der Waals surface area (Å²) >= 11 is 5.89. The summed E-state index contributed by atoms with van der Waals surface area (Å²) in [5.41, 5.74) is 2.73. The smallest absolute Gasteiger partial charge is 0.253 e. The summed E-state index contributed by atoms with van der Waals surface area (Å²) in [6.45, 7) is 2.56. The highest BCUT2D eigenvalue weighted by molar-refractivity contribution is 6.30. The molecule has 0 spiro atoms. The van der Waals surface area contributed by atoms with Crippen LogP contribution < -0.4 is 4.90 Å². The number of halogens is 1. The minimum absolute atomic E-state index is 0.00941. The first-order valence-electron chi connectivity index (χ1n) is 8.95. The van der Waals surface area contributed by atoms with Crippen molar-refractivity contribution in [2.45, 2.75) is 6.04 Å². The van der Waals surface area contributed by atoms with Gasteiger partial charge in [0.1, 0.15) is 6.04 Å². The van der Waals surface area contributed by atoms with Crippen LogP contribution >= 0.6 is 11.6 Å². The topological polar surface area (TPSA) is 50.6 Å². The molecule has 5 nitrogen and oxygen atoms in total. The van der Waals surface area contributed by atoms with Crippen LogP contribution in [0.2, 0.25) is 5.02 Å². The van der Waals surface area contributed by atoms with Crippen molar-refractivity contribution in [2.24, 2.45) is 0 Å². The summed E-state index contributed by atoms with van der Waals surface area (Å²) < 4.78 is 0. The number of carbonyl (C=O) groups is 1. The van der Waals surface area contributed by atoms with Crippen molar-refractivity contribution in [1.82, 2.24) is 9.80 Å². The molecular weight excluding hydrogens is 360 g/mol. The molecule has 1 saturated heterocycles. The fraction of sp³-hybridized carbons (Fsp3) is 0.333. The maximum atomic E-state index is 12.6. The Hall–Kier alpha value is -2.55. The molecule has 0 aromatic heterocycles. The van der Waals surface area contributed by atoms with E-state index in [1.165, 1.54) is 0 Å². The number of anilines is 1. The van der Waals surface area contributed by atoms with Crippen LogP contribution in [0.15, 0.2) is 48.5 Å². The molecule has 1 fully saturated rings. The van der Waals surface area contributed by atoms with Crippen molar-refractivity contribution in [3.63, 3.8) is 0 Å². The summed E-state index contributed by atoms with van der Waals surface area (Å²) in [7, 11) is 3.99. The molecule has 1 unspecified atom stereocenters. The van der Waals surface area contributed by atoms with Crippen LogP contribution in [-0.4, -0.2) is 56.0 Å². The predicted molar refractivity (Wildman–Crippen MR) is 108 cm³/mol. The van der Waals surface area contributed by atoms with E-state index in [1.54, 1.807) is 24.3 Å². The molecule has 1 amide bonds. The van der Waals surface area contributed by atoms with Gasteiger partial charge in [0.2, 0.25) is 0 Å². The van der Waals surface area contributed by atoms with Gasteiger partial charge in [-0.25, -0.2) is 0 Å². The van der Waals surface area contributed by atoms with E-state index in [4.69, 9.17) is 11.6 Å². The molecule has 27 heavy (non-hydrogen) atoms. The quantitative estimate of drug-likeness (QED) is 0.812. The minimum Gasteiger partial charge on any atom is -0.378 e. The van der Waals surface area contributed by atoms with Gasteiger partial charge >= 0.3 is 0 Å². The Morgan fingerprint density at radius 3 is 2.15 bits per heavy atom. The highest BCUT2D eigenvalue weighted by atomic mass is 35.5. The zero-order chi connectivity index (χ0) is 19.4. The fourth-order valence-electron chi connectivity index (χ4n) is 3.28. The SMILES string of the molecule is CN(C)c1ccc(C(C#N)N2CCN(C(=O)c3ccc(Cl)cc3)CC2)cc1. The lowest BCUT2D eigenvalue weighted by Gasteiger charge is -2.37. The van der Waals surface area contributed by atoms with Crippen LogP contribution in [0, 0.1) is 11.3 Å². The van der Waals surface area contributed by atoms with Crippen molar-refractivity contribution >= 4 is 23.2 Å². The molecule has 0 aliphatic carbocycles. The fourth-order valence-corrected chi connectivity index (χ4v) is 3.41. The third kappa shape index (κ3) is 4.41. The molecule has 0 radical (unpaired) electrons. The van der Waals surface area contributed by atoms with E-state index < -0.39 is 0 Å².